The Kier molecular flexibility index (Phi) is 7.04. The first kappa shape index (κ1) is 21.0. The van der Waals surface area contributed by atoms with Crippen LogP contribution in [0, 0.1) is 9.49 Å². The number of rotatable bonds is 8. The first-order valence-electron chi connectivity index (χ1n) is 9.32. The number of halogens is 1. The zero-order valence-electron chi connectivity index (χ0n) is 15.7. The molecule has 1 unspecified atom stereocenters. The fraction of sp³-hybridized carbons (Fsp3) is 0.167. The van der Waals surface area contributed by atoms with Crippen molar-refractivity contribution < 1.29 is 19.8 Å². The molecule has 1 atom stereocenters. The Balaban J connectivity index is 1.64. The maximum absolute atomic E-state index is 12.6. The summed E-state index contributed by atoms with van der Waals surface area (Å²) in [6.45, 7) is 0. The van der Waals surface area contributed by atoms with Crippen molar-refractivity contribution in [1.29, 1.82) is 0 Å². The van der Waals surface area contributed by atoms with Gasteiger partial charge in [-0.15, -0.1) is 0 Å². The quantitative estimate of drug-likeness (QED) is 0.313. The zero-order valence-corrected chi connectivity index (χ0v) is 17.9. The highest BCUT2D eigenvalue weighted by atomic mass is 127. The van der Waals surface area contributed by atoms with Gasteiger partial charge in [0.25, 0.3) is 0 Å². The van der Waals surface area contributed by atoms with Gasteiger partial charge in [0.2, 0.25) is 0 Å². The Morgan fingerprint density at radius 1 is 0.897 bits per heavy atom. The Labute approximate surface area is 183 Å². The highest BCUT2D eigenvalue weighted by Crippen LogP contribution is 2.24. The zero-order chi connectivity index (χ0) is 20.8. The third-order valence-electron chi connectivity index (χ3n) is 4.86. The lowest BCUT2D eigenvalue weighted by Gasteiger charge is -2.12. The first-order valence-corrected chi connectivity index (χ1v) is 10.4. The number of carbonyl (C=O) groups is 2. The van der Waals surface area contributed by atoms with Crippen LogP contribution >= 0.6 is 22.6 Å². The number of aliphatic carboxylic acids is 1. The molecule has 3 aromatic carbocycles. The number of Topliss-reactive ketones (excluding diaryl/α,β-unsaturated/α-hetero) is 1. The normalized spacial score (nSPS) is 11.8. The van der Waals surface area contributed by atoms with E-state index in [1.54, 1.807) is 36.4 Å². The average Bonchev–Trinajstić information content (AvgIpc) is 2.71. The van der Waals surface area contributed by atoms with E-state index < -0.39 is 11.9 Å². The molecule has 29 heavy (non-hydrogen) atoms. The van der Waals surface area contributed by atoms with Crippen molar-refractivity contribution in [3.05, 3.63) is 87.5 Å². The highest BCUT2D eigenvalue weighted by Gasteiger charge is 2.22. The van der Waals surface area contributed by atoms with Gasteiger partial charge in [0.15, 0.2) is 5.78 Å². The molecular weight excluding hydrogens is 479 g/mol. The minimum absolute atomic E-state index is 0.0161. The second kappa shape index (κ2) is 9.69. The minimum atomic E-state index is -0.940. The molecule has 0 aliphatic heterocycles. The summed E-state index contributed by atoms with van der Waals surface area (Å²) in [6.07, 6.45) is 1.03. The SMILES string of the molecule is O=C(CC(CCc1cccc(I)c1)C(=O)O)c1ccc(-c2ccc(O)cc2)cc1. The van der Waals surface area contributed by atoms with Crippen molar-refractivity contribution in [2.45, 2.75) is 19.3 Å². The van der Waals surface area contributed by atoms with Crippen molar-refractivity contribution in [1.82, 2.24) is 0 Å². The van der Waals surface area contributed by atoms with E-state index in [0.29, 0.717) is 18.4 Å². The number of carboxylic acids is 1. The maximum Gasteiger partial charge on any atom is 0.306 e. The fourth-order valence-electron chi connectivity index (χ4n) is 3.19. The van der Waals surface area contributed by atoms with Crippen LogP contribution in [0.2, 0.25) is 0 Å². The second-order valence-corrected chi connectivity index (χ2v) is 8.20. The smallest absolute Gasteiger partial charge is 0.306 e. The van der Waals surface area contributed by atoms with Gasteiger partial charge >= 0.3 is 5.97 Å². The molecule has 0 aliphatic carbocycles. The molecule has 0 radical (unpaired) electrons. The van der Waals surface area contributed by atoms with E-state index >= 15 is 0 Å². The molecule has 5 heteroatoms. The van der Waals surface area contributed by atoms with Crippen molar-refractivity contribution in [2.75, 3.05) is 0 Å². The molecule has 0 fully saturated rings. The lowest BCUT2D eigenvalue weighted by atomic mass is 9.92. The number of aromatic hydroxyl groups is 1. The molecular formula is C24H21IO4. The minimum Gasteiger partial charge on any atom is -0.508 e. The van der Waals surface area contributed by atoms with E-state index in [4.69, 9.17) is 0 Å². The third-order valence-corrected chi connectivity index (χ3v) is 5.53. The molecule has 4 nitrogen and oxygen atoms in total. The molecule has 0 heterocycles. The van der Waals surface area contributed by atoms with Crippen LogP contribution in [0.25, 0.3) is 11.1 Å². The van der Waals surface area contributed by atoms with E-state index in [0.717, 1.165) is 20.3 Å². The fourth-order valence-corrected chi connectivity index (χ4v) is 3.80. The van der Waals surface area contributed by atoms with E-state index in [1.807, 2.05) is 36.4 Å². The molecule has 0 bridgehead atoms. The summed E-state index contributed by atoms with van der Waals surface area (Å²) in [5.74, 6) is -1.62. The second-order valence-electron chi connectivity index (χ2n) is 6.96. The summed E-state index contributed by atoms with van der Waals surface area (Å²) in [6, 6.07) is 21.9. The molecule has 3 rings (SSSR count). The van der Waals surface area contributed by atoms with Crippen LogP contribution in [0.15, 0.2) is 72.8 Å². The largest absolute Gasteiger partial charge is 0.508 e. The van der Waals surface area contributed by atoms with Crippen LogP contribution in [0.1, 0.15) is 28.8 Å². The summed E-state index contributed by atoms with van der Waals surface area (Å²) >= 11 is 2.23. The number of carbonyl (C=O) groups excluding carboxylic acids is 1. The van der Waals surface area contributed by atoms with E-state index in [9.17, 15) is 19.8 Å². The molecule has 148 valence electrons. The van der Waals surface area contributed by atoms with Gasteiger partial charge in [0, 0.05) is 15.6 Å². The van der Waals surface area contributed by atoms with Crippen LogP contribution in [-0.4, -0.2) is 22.0 Å². The van der Waals surface area contributed by atoms with E-state index in [-0.39, 0.29) is 18.0 Å². The molecule has 0 amide bonds. The summed E-state index contributed by atoms with van der Waals surface area (Å²) in [4.78, 5) is 24.3. The Morgan fingerprint density at radius 3 is 2.10 bits per heavy atom. The highest BCUT2D eigenvalue weighted by molar-refractivity contribution is 14.1. The van der Waals surface area contributed by atoms with Gasteiger partial charge in [-0.2, -0.15) is 0 Å². The molecule has 0 spiro atoms. The molecule has 0 saturated heterocycles. The summed E-state index contributed by atoms with van der Waals surface area (Å²) < 4.78 is 1.11. The van der Waals surface area contributed by atoms with Gasteiger partial charge in [-0.25, -0.2) is 0 Å². The Bertz CT molecular complexity index is 994. The van der Waals surface area contributed by atoms with Crippen LogP contribution in [0.4, 0.5) is 0 Å². The van der Waals surface area contributed by atoms with Gasteiger partial charge in [-0.3, -0.25) is 9.59 Å². The lowest BCUT2D eigenvalue weighted by Crippen LogP contribution is -2.19. The van der Waals surface area contributed by atoms with Gasteiger partial charge < -0.3 is 10.2 Å². The predicted molar refractivity (Wildman–Crippen MR) is 121 cm³/mol. The summed E-state index contributed by atoms with van der Waals surface area (Å²) in [5.41, 5.74) is 3.44. The van der Waals surface area contributed by atoms with Crippen molar-refractivity contribution in [2.24, 2.45) is 5.92 Å². The van der Waals surface area contributed by atoms with Crippen molar-refractivity contribution in [3.63, 3.8) is 0 Å². The number of phenols is 1. The van der Waals surface area contributed by atoms with E-state index in [2.05, 4.69) is 22.6 Å². The summed E-state index contributed by atoms with van der Waals surface area (Å²) in [7, 11) is 0. The van der Waals surface area contributed by atoms with Gasteiger partial charge in [0.1, 0.15) is 5.75 Å². The Morgan fingerprint density at radius 2 is 1.52 bits per heavy atom. The number of ketones is 1. The molecule has 0 aliphatic rings. The number of benzene rings is 3. The molecule has 3 aromatic rings. The number of aryl methyl sites for hydroxylation is 1. The van der Waals surface area contributed by atoms with Crippen molar-refractivity contribution >= 4 is 34.3 Å². The van der Waals surface area contributed by atoms with Gasteiger partial charge in [-0.1, -0.05) is 48.5 Å². The van der Waals surface area contributed by atoms with Gasteiger partial charge in [-0.05, 0) is 76.4 Å². The van der Waals surface area contributed by atoms with Crippen LogP contribution in [0.3, 0.4) is 0 Å². The van der Waals surface area contributed by atoms with Gasteiger partial charge in [0.05, 0.1) is 5.92 Å². The topological polar surface area (TPSA) is 74.6 Å². The monoisotopic (exact) mass is 500 g/mol. The molecule has 0 aromatic heterocycles. The maximum atomic E-state index is 12.6. The standard InChI is InChI=1S/C24H21IO4/c25-21-3-1-2-16(14-21)4-5-20(24(28)29)15-23(27)19-8-6-17(7-9-19)18-10-12-22(26)13-11-18/h1-3,6-14,20,26H,4-5,15H2,(H,28,29). The molecule has 2 N–H and O–H groups in total. The van der Waals surface area contributed by atoms with Crippen molar-refractivity contribution in [3.8, 4) is 16.9 Å². The third kappa shape index (κ3) is 5.90. The van der Waals surface area contributed by atoms with Crippen LogP contribution < -0.4 is 0 Å². The van der Waals surface area contributed by atoms with E-state index in [1.165, 1.54) is 0 Å². The number of phenolic OH excluding ortho intramolecular Hbond substituents is 1. The average molecular weight is 500 g/mol. The number of hydrogen-bond acceptors (Lipinski definition) is 3. The van der Waals surface area contributed by atoms with Crippen LogP contribution in [0.5, 0.6) is 5.75 Å². The van der Waals surface area contributed by atoms with Crippen LogP contribution in [-0.2, 0) is 11.2 Å². The molecule has 0 saturated carbocycles. The summed E-state index contributed by atoms with van der Waals surface area (Å²) in [5, 5.41) is 18.9. The predicted octanol–water partition coefficient (Wildman–Crippen LogP) is 5.57. The number of carboxylic acid groups (broad SMARTS) is 1. The first-order chi connectivity index (χ1) is 13.9. The number of hydrogen-bond donors (Lipinski definition) is 2. The Hall–Kier alpha value is -2.67. The lowest BCUT2D eigenvalue weighted by molar-refractivity contribution is -0.141.